The summed E-state index contributed by atoms with van der Waals surface area (Å²) in [4.78, 5) is 41.2. The molecule has 0 saturated heterocycles. The molecule has 4 aromatic rings. The van der Waals surface area contributed by atoms with Crippen LogP contribution >= 0.6 is 0 Å². The predicted octanol–water partition coefficient (Wildman–Crippen LogP) is -4.59. The standard InChI is InChI=1S/2C16H12N4O10S2.5C4H11NO2.Cr/c2*17-8-1-2-10-7(3-8)4-12(31(25,26)27)14(15(10)21)19-18-11-5-9(20(23)24)6-13(16(11)22)32(28,29)30;5*6-3-1-5-2-4-7;/h2*1-6,18,22H,17H2,(H,25,26,27)(H,28,29,30);5*5-7H,1-4H2;/p+5/b19-14-;;;;;;;. The molecule has 6 rings (SSSR count). The van der Waals surface area contributed by atoms with Crippen LogP contribution in [0.4, 0.5) is 34.1 Å². The summed E-state index contributed by atoms with van der Waals surface area (Å²) < 4.78 is 130. The number of anilines is 4. The number of phenolic OH excluding ortho intramolecular Hbond substituents is 2. The molecule has 0 fully saturated rings. The molecule has 0 aromatic heterocycles. The molecule has 0 saturated carbocycles. The molecular weight excluding hydrogens is 1470 g/mol. The number of rotatable bonds is 30. The van der Waals surface area contributed by atoms with Gasteiger partial charge in [-0.25, -0.2) is 0 Å². The Morgan fingerprint density at radius 2 is 0.650 bits per heavy atom. The Morgan fingerprint density at radius 3 is 0.850 bits per heavy atom. The van der Waals surface area contributed by atoms with E-state index >= 15 is 0 Å². The van der Waals surface area contributed by atoms with Gasteiger partial charge in [-0.2, -0.15) is 43.9 Å². The van der Waals surface area contributed by atoms with Crippen molar-refractivity contribution in [2.45, 2.75) is 9.79 Å². The van der Waals surface area contributed by atoms with E-state index < -0.39 is 127 Å². The summed E-state index contributed by atoms with van der Waals surface area (Å²) in [6.45, 7) is 7.09. The van der Waals surface area contributed by atoms with Crippen molar-refractivity contribution in [3.63, 3.8) is 0 Å². The number of non-ortho nitro benzene ring substituents is 2. The number of aliphatic hydroxyl groups excluding tert-OH is 10. The molecule has 0 aliphatic heterocycles. The quantitative estimate of drug-likeness (QED) is 0.00583. The number of aromatic hydroxyl groups is 2. The number of fused-ring (bicyclic) bond motifs is 2. The Bertz CT molecular complexity index is 3620. The number of hydrogen-bond donors (Lipinski definition) is 25. The molecule has 43 nitrogen and oxygen atoms in total. The number of hydrogen-bond acceptors (Lipinski definition) is 37. The summed E-state index contributed by atoms with van der Waals surface area (Å²) in [5, 5.41) is 145. The molecule has 0 bridgehead atoms. The summed E-state index contributed by atoms with van der Waals surface area (Å²) >= 11 is 0. The van der Waals surface area contributed by atoms with E-state index in [9.17, 15) is 91.9 Å². The van der Waals surface area contributed by atoms with E-state index in [0.717, 1.165) is 12.2 Å². The van der Waals surface area contributed by atoms with Crippen molar-refractivity contribution in [2.75, 3.05) is 154 Å². The summed E-state index contributed by atoms with van der Waals surface area (Å²) in [5.74, 6) is -4.39. The van der Waals surface area contributed by atoms with E-state index in [1.807, 2.05) is 10.9 Å². The monoisotopic (exact) mass is 1550 g/mol. The average Bonchev–Trinajstić information content (AvgIpc) is 0.778. The van der Waals surface area contributed by atoms with E-state index in [4.69, 9.17) is 62.5 Å². The molecule has 0 radical (unpaired) electrons. The van der Waals surface area contributed by atoms with Crippen molar-refractivity contribution in [3.05, 3.63) is 113 Å². The molecule has 48 heteroatoms. The molecule has 2 aliphatic rings. The van der Waals surface area contributed by atoms with Crippen molar-refractivity contribution in [1.29, 1.82) is 0 Å². The van der Waals surface area contributed by atoms with Gasteiger partial charge >= 0.3 is 7.13 Å². The van der Waals surface area contributed by atoms with Gasteiger partial charge in [0.2, 0.25) is 11.6 Å². The second kappa shape index (κ2) is 48.9. The minimum atomic E-state index is -5.11. The number of aliphatic hydroxyl groups is 10. The topological polar surface area (TPSA) is 742 Å². The van der Waals surface area contributed by atoms with Gasteiger partial charge in [0.1, 0.15) is 31.0 Å². The van der Waals surface area contributed by atoms with E-state index in [0.29, 0.717) is 89.7 Å². The first-order valence-corrected chi connectivity index (χ1v) is 33.8. The van der Waals surface area contributed by atoms with Crippen molar-refractivity contribution in [2.24, 2.45) is 10.2 Å². The molecule has 0 atom stereocenters. The molecule has 2 aliphatic carbocycles. The average molecular weight is 1550 g/mol. The van der Waals surface area contributed by atoms with Gasteiger partial charge in [-0.3, -0.25) is 58.9 Å². The van der Waals surface area contributed by atoms with Crippen LogP contribution in [0.25, 0.3) is 12.2 Å². The molecule has 27 N–H and O–H groups in total. The number of Topliss-reactive ketones (excluding diaryl/α,β-unsaturated/α-hetero) is 2. The Hall–Kier alpha value is -7.79. The first-order chi connectivity index (χ1) is 46.5. The maximum absolute atomic E-state index is 12.8. The normalized spacial score (nSPS) is 13.1. The fourth-order valence-corrected chi connectivity index (χ4v) is 9.49. The van der Waals surface area contributed by atoms with Crippen molar-refractivity contribution >= 4 is 110 Å². The summed E-state index contributed by atoms with van der Waals surface area (Å²) in [7, 11) is -20.2. The summed E-state index contributed by atoms with van der Waals surface area (Å²) in [6.07, 6.45) is 1.81. The molecule has 0 heterocycles. The molecule has 0 unspecified atom stereocenters. The zero-order valence-corrected chi connectivity index (χ0v) is 57.0. The maximum Gasteiger partial charge on any atom is 1.00 e. The van der Waals surface area contributed by atoms with Crippen LogP contribution in [0.3, 0.4) is 0 Å². The zero-order chi connectivity index (χ0) is 75.7. The number of hydrazone groups is 2. The Balaban J connectivity index is -0.000000243. The van der Waals surface area contributed by atoms with Gasteiger partial charge in [-0.15, -0.1) is 0 Å². The number of benzene rings is 4. The third-order valence-electron chi connectivity index (χ3n) is 11.2. The van der Waals surface area contributed by atoms with Crippen molar-refractivity contribution in [3.8, 4) is 11.5 Å². The number of allylic oxidation sites excluding steroid dienone is 2. The first-order valence-electron chi connectivity index (χ1n) is 28.0. The Kier molecular flexibility index (Phi) is 46.1. The second-order valence-corrected chi connectivity index (χ2v) is 24.2. The Morgan fingerprint density at radius 1 is 0.410 bits per heavy atom. The van der Waals surface area contributed by atoms with Gasteiger partial charge in [0.15, 0.2) is 22.9 Å². The van der Waals surface area contributed by atoms with E-state index in [-0.39, 0.29) is 124 Å². The minimum absolute atomic E-state index is 0. The van der Waals surface area contributed by atoms with E-state index in [1.165, 1.54) is 36.4 Å². The molecule has 4 aromatic carbocycles. The predicted molar refractivity (Wildman–Crippen MR) is 361 cm³/mol. The number of nitro benzene ring substituents is 2. The molecule has 0 spiro atoms. The second-order valence-electron chi connectivity index (χ2n) is 18.6. The van der Waals surface area contributed by atoms with Gasteiger partial charge < -0.3 is 99.3 Å². The maximum atomic E-state index is 12.8. The van der Waals surface area contributed by atoms with Gasteiger partial charge in [0.05, 0.1) is 75.9 Å². The van der Waals surface area contributed by atoms with Gasteiger partial charge in [-0.05, 0) is 59.7 Å². The van der Waals surface area contributed by atoms with Crippen molar-refractivity contribution < 1.29 is 157 Å². The number of nitro groups is 2. The first kappa shape index (κ1) is 94.3. The van der Waals surface area contributed by atoms with Crippen LogP contribution in [0, 0.1) is 20.2 Å². The fourth-order valence-electron chi connectivity index (χ4n) is 6.93. The van der Waals surface area contributed by atoms with Gasteiger partial charge in [-0.1, -0.05) is 0 Å². The minimum Gasteiger partial charge on any atom is -0.504 e. The van der Waals surface area contributed by atoms with Crippen LogP contribution in [-0.4, -0.2) is 278 Å². The number of nitrogen functional groups attached to an aromatic ring is 2. The number of carbonyl (C=O) groups is 2. The smallest absolute Gasteiger partial charge is 0.504 e. The number of nitrogens with one attached hydrogen (secondary N) is 7. The van der Waals surface area contributed by atoms with Crippen LogP contribution < -0.4 is 48.9 Å². The summed E-state index contributed by atoms with van der Waals surface area (Å²) in [6, 6.07) is 9.75. The molecule has 100 heavy (non-hydrogen) atoms. The molecule has 0 amide bonds. The van der Waals surface area contributed by atoms with E-state index in [2.05, 4.69) is 36.8 Å². The van der Waals surface area contributed by atoms with Crippen LogP contribution in [0.15, 0.2) is 90.5 Å². The Labute approximate surface area is 589 Å². The number of carbonyl (C=O) groups excluding carboxylic acids is 2. The molecule has 562 valence electrons. The number of nitrogens with zero attached hydrogens (tertiary/aromatic N) is 4. The fraction of sp³-hybridized carbons (Fsp3) is 0.385. The third-order valence-corrected chi connectivity index (χ3v) is 14.7. The van der Waals surface area contributed by atoms with Gasteiger partial charge in [0, 0.05) is 130 Å². The number of phenols is 2. The van der Waals surface area contributed by atoms with Gasteiger partial charge in [0.25, 0.3) is 51.8 Å². The van der Waals surface area contributed by atoms with Crippen LogP contribution in [-0.2, 0) is 57.8 Å². The number of ketones is 2. The van der Waals surface area contributed by atoms with E-state index in [1.54, 1.807) is 0 Å². The molecular formula is C52H84CrN13O30S4+5. The van der Waals surface area contributed by atoms with Crippen LogP contribution in [0.5, 0.6) is 11.5 Å². The SMILES string of the molecule is Nc1ccc2c(c1)C=C(S(=O)(=O)O)/C(=N/Nc1cc([N+](=O)[O-])cc(S(=O)(=O)O)c1O)C2=O.Nc1ccc2c(c1)C=C(S(=O)(=O)O)C(=NNc1cc([N+](=O)[O-])cc(S(=O)(=O)O)c1O)C2=O.OCCNCCO.OCCNCCO.OCCNCCO.OCCNCCO.OCCNCCO.[Cr].[H+].[H+].[H+].[H+].[H+]. The number of nitrogens with two attached hydrogens (primary N) is 2. The third kappa shape index (κ3) is 34.5. The van der Waals surface area contributed by atoms with Crippen LogP contribution in [0.2, 0.25) is 0 Å². The van der Waals surface area contributed by atoms with Crippen LogP contribution in [0.1, 0.15) is 39.0 Å². The summed E-state index contributed by atoms with van der Waals surface area (Å²) in [5.41, 5.74) is 10.5. The van der Waals surface area contributed by atoms with Crippen molar-refractivity contribution in [1.82, 2.24) is 26.6 Å². The zero-order valence-electron chi connectivity index (χ0n) is 57.4. The largest absolute Gasteiger partial charge is 1.00 e.